The molecule has 0 aromatic carbocycles. The summed E-state index contributed by atoms with van der Waals surface area (Å²) in [6.07, 6.45) is 2.43. The van der Waals surface area contributed by atoms with Crippen molar-refractivity contribution in [3.8, 4) is 0 Å². The first kappa shape index (κ1) is 10.2. The fourth-order valence-electron chi connectivity index (χ4n) is 0.563. The molecule has 0 aromatic rings. The highest BCUT2D eigenvalue weighted by atomic mass is 28.4. The fourth-order valence-corrected chi connectivity index (χ4v) is 1.40. The van der Waals surface area contributed by atoms with Crippen LogP contribution in [0.5, 0.6) is 0 Å². The predicted octanol–water partition coefficient (Wildman–Crippen LogP) is 2.77. The highest BCUT2D eigenvalue weighted by Gasteiger charge is 2.18. The van der Waals surface area contributed by atoms with Crippen molar-refractivity contribution in [3.63, 3.8) is 0 Å². The molecule has 0 fully saturated rings. The molecule has 0 saturated carbocycles. The summed E-state index contributed by atoms with van der Waals surface area (Å²) in [6.45, 7) is 9.68. The lowest BCUT2D eigenvalue weighted by Crippen LogP contribution is -2.30. The van der Waals surface area contributed by atoms with Crippen molar-refractivity contribution in [2.24, 2.45) is 0 Å². The molecule has 0 aliphatic heterocycles. The third kappa shape index (κ3) is 5.00. The number of rotatable bonds is 5. The van der Waals surface area contributed by atoms with Crippen LogP contribution in [0.1, 0.15) is 26.7 Å². The van der Waals surface area contributed by atoms with Gasteiger partial charge in [-0.15, -0.1) is 0 Å². The molecule has 2 heteroatoms. The molecule has 0 bridgehead atoms. The zero-order valence-corrected chi connectivity index (χ0v) is 8.61. The Hall–Kier alpha value is 0.177. The maximum Gasteiger partial charge on any atom is 0.189 e. The van der Waals surface area contributed by atoms with Gasteiger partial charge in [-0.05, 0) is 25.6 Å². The number of hydrogen-bond acceptors (Lipinski definition) is 1. The molecule has 0 N–H and O–H groups in total. The summed E-state index contributed by atoms with van der Waals surface area (Å²) in [5.74, 6) is 0. The Morgan fingerprint density at radius 1 is 1.40 bits per heavy atom. The van der Waals surface area contributed by atoms with Gasteiger partial charge in [0.2, 0.25) is 0 Å². The third-order valence-electron chi connectivity index (χ3n) is 1.67. The molecular formula is C8H19OSi. The summed E-state index contributed by atoms with van der Waals surface area (Å²) >= 11 is 0. The molecule has 1 nitrogen and oxygen atoms in total. The summed E-state index contributed by atoms with van der Waals surface area (Å²) in [4.78, 5) is 0. The molecule has 0 heterocycles. The van der Waals surface area contributed by atoms with Gasteiger partial charge in [0.15, 0.2) is 8.32 Å². The van der Waals surface area contributed by atoms with Gasteiger partial charge in [-0.2, -0.15) is 0 Å². The van der Waals surface area contributed by atoms with Gasteiger partial charge in [0.1, 0.15) is 0 Å². The molecule has 0 spiro atoms. The van der Waals surface area contributed by atoms with Crippen molar-refractivity contribution in [2.45, 2.75) is 39.8 Å². The zero-order chi connectivity index (χ0) is 8.04. The van der Waals surface area contributed by atoms with Gasteiger partial charge in [-0.25, -0.2) is 0 Å². The minimum absolute atomic E-state index is 0.945. The van der Waals surface area contributed by atoms with Crippen LogP contribution in [-0.4, -0.2) is 14.9 Å². The summed E-state index contributed by atoms with van der Waals surface area (Å²) in [5.41, 5.74) is 0. The van der Waals surface area contributed by atoms with Gasteiger partial charge in [0.25, 0.3) is 0 Å². The average Bonchev–Trinajstić information content (AvgIpc) is 1.89. The van der Waals surface area contributed by atoms with E-state index in [0.29, 0.717) is 0 Å². The molecule has 1 radical (unpaired) electrons. The Bertz CT molecular complexity index is 81.3. The number of unbranched alkanes of at least 4 members (excludes halogenated alkanes) is 1. The zero-order valence-electron chi connectivity index (χ0n) is 7.61. The van der Waals surface area contributed by atoms with Gasteiger partial charge < -0.3 is 4.43 Å². The van der Waals surface area contributed by atoms with Crippen molar-refractivity contribution in [3.05, 3.63) is 6.04 Å². The predicted molar refractivity (Wildman–Crippen MR) is 48.3 cm³/mol. The average molecular weight is 159 g/mol. The van der Waals surface area contributed by atoms with E-state index in [1.54, 1.807) is 0 Å². The van der Waals surface area contributed by atoms with Crippen LogP contribution < -0.4 is 0 Å². The Balaban J connectivity index is 3.28. The summed E-state index contributed by atoms with van der Waals surface area (Å²) in [5, 5.41) is 0. The molecule has 0 amide bonds. The first-order valence-corrected chi connectivity index (χ1v) is 7.05. The van der Waals surface area contributed by atoms with E-state index < -0.39 is 8.32 Å². The van der Waals surface area contributed by atoms with Crippen molar-refractivity contribution in [1.29, 1.82) is 0 Å². The van der Waals surface area contributed by atoms with Crippen LogP contribution in [0, 0.1) is 6.04 Å². The van der Waals surface area contributed by atoms with Crippen LogP contribution >= 0.6 is 0 Å². The van der Waals surface area contributed by atoms with E-state index in [0.717, 1.165) is 6.61 Å². The largest absolute Gasteiger partial charge is 0.417 e. The van der Waals surface area contributed by atoms with Crippen LogP contribution in [0.3, 0.4) is 0 Å². The minimum atomic E-state index is -1.34. The van der Waals surface area contributed by atoms with Gasteiger partial charge >= 0.3 is 0 Å². The Labute approximate surface area is 65.9 Å². The van der Waals surface area contributed by atoms with Gasteiger partial charge in [0, 0.05) is 6.61 Å². The van der Waals surface area contributed by atoms with Crippen molar-refractivity contribution in [1.82, 2.24) is 0 Å². The molecule has 0 atom stereocenters. The highest BCUT2D eigenvalue weighted by molar-refractivity contribution is 6.74. The molecule has 0 rings (SSSR count). The SMILES string of the molecule is C[CH][Si](C)(C)OCCCC. The maximum absolute atomic E-state index is 5.70. The number of hydrogen-bond donors (Lipinski definition) is 0. The lowest BCUT2D eigenvalue weighted by atomic mass is 10.4. The first-order chi connectivity index (χ1) is 4.62. The third-order valence-corrected chi connectivity index (χ3v) is 4.01. The second-order valence-corrected chi connectivity index (χ2v) is 7.17. The van der Waals surface area contributed by atoms with E-state index in [4.69, 9.17) is 4.43 Å². The van der Waals surface area contributed by atoms with Gasteiger partial charge in [-0.3, -0.25) is 0 Å². The Morgan fingerprint density at radius 3 is 2.40 bits per heavy atom. The van der Waals surface area contributed by atoms with E-state index >= 15 is 0 Å². The standard InChI is InChI=1S/C8H19OSi/c1-5-7-8-9-10(3,4)6-2/h6H,5,7-8H2,1-4H3. The second kappa shape index (κ2) is 4.91. The molecule has 0 saturated heterocycles. The Kier molecular flexibility index (Phi) is 5.00. The van der Waals surface area contributed by atoms with Crippen LogP contribution in [0.15, 0.2) is 0 Å². The minimum Gasteiger partial charge on any atom is -0.417 e. The van der Waals surface area contributed by atoms with E-state index in [1.165, 1.54) is 12.8 Å². The monoisotopic (exact) mass is 159 g/mol. The molecule has 0 aliphatic rings. The normalized spacial score (nSPS) is 12.0. The lowest BCUT2D eigenvalue weighted by Gasteiger charge is -2.19. The fraction of sp³-hybridized carbons (Fsp3) is 0.875. The maximum atomic E-state index is 5.70. The molecule has 0 unspecified atom stereocenters. The van der Waals surface area contributed by atoms with E-state index in [-0.39, 0.29) is 0 Å². The summed E-state index contributed by atoms with van der Waals surface area (Å²) in [7, 11) is -1.34. The van der Waals surface area contributed by atoms with Crippen molar-refractivity contribution >= 4 is 8.32 Å². The second-order valence-electron chi connectivity index (χ2n) is 3.09. The van der Waals surface area contributed by atoms with E-state index in [9.17, 15) is 0 Å². The molecular weight excluding hydrogens is 140 g/mol. The molecule has 61 valence electrons. The lowest BCUT2D eigenvalue weighted by molar-refractivity contribution is 0.304. The summed E-state index contributed by atoms with van der Waals surface area (Å²) in [6, 6.07) is 2.22. The smallest absolute Gasteiger partial charge is 0.189 e. The van der Waals surface area contributed by atoms with Gasteiger partial charge in [-0.1, -0.05) is 20.3 Å². The van der Waals surface area contributed by atoms with Crippen LogP contribution in [0.25, 0.3) is 0 Å². The van der Waals surface area contributed by atoms with E-state index in [1.807, 2.05) is 0 Å². The van der Waals surface area contributed by atoms with E-state index in [2.05, 4.69) is 33.0 Å². The molecule has 0 aliphatic carbocycles. The van der Waals surface area contributed by atoms with Crippen molar-refractivity contribution in [2.75, 3.05) is 6.61 Å². The molecule has 10 heavy (non-hydrogen) atoms. The van der Waals surface area contributed by atoms with Crippen LogP contribution in [0.4, 0.5) is 0 Å². The Morgan fingerprint density at radius 2 is 2.00 bits per heavy atom. The quantitative estimate of drug-likeness (QED) is 0.443. The first-order valence-electron chi connectivity index (χ1n) is 4.07. The topological polar surface area (TPSA) is 9.23 Å². The van der Waals surface area contributed by atoms with Crippen molar-refractivity contribution < 1.29 is 4.43 Å². The highest BCUT2D eigenvalue weighted by Crippen LogP contribution is 2.07. The molecule has 0 aromatic heterocycles. The van der Waals surface area contributed by atoms with Crippen LogP contribution in [-0.2, 0) is 4.43 Å². The van der Waals surface area contributed by atoms with Gasteiger partial charge in [0.05, 0.1) is 0 Å². The van der Waals surface area contributed by atoms with Crippen LogP contribution in [0.2, 0.25) is 13.1 Å². The summed E-state index contributed by atoms with van der Waals surface area (Å²) < 4.78 is 5.70.